The van der Waals surface area contributed by atoms with E-state index in [1.165, 1.54) is 12.1 Å². The highest BCUT2D eigenvalue weighted by Gasteiger charge is 2.16. The molecule has 2 N–H and O–H groups in total. The van der Waals surface area contributed by atoms with E-state index >= 15 is 0 Å². The average Bonchev–Trinajstić information content (AvgIpc) is 2.64. The molecule has 0 aliphatic heterocycles. The van der Waals surface area contributed by atoms with Gasteiger partial charge in [-0.25, -0.2) is 13.9 Å². The van der Waals surface area contributed by atoms with Crippen molar-refractivity contribution in [2.24, 2.45) is 0 Å². The molecule has 0 saturated carbocycles. The maximum atomic E-state index is 13.3. The Labute approximate surface area is 95.7 Å². The van der Waals surface area contributed by atoms with Crippen molar-refractivity contribution in [1.82, 2.24) is 9.78 Å². The Morgan fingerprint density at radius 3 is 2.76 bits per heavy atom. The second-order valence-electron chi connectivity index (χ2n) is 3.50. The smallest absolute Gasteiger partial charge is 0.360 e. The summed E-state index contributed by atoms with van der Waals surface area (Å²) in [7, 11) is 0. The molecule has 0 radical (unpaired) electrons. The molecule has 0 atom stereocenters. The van der Waals surface area contributed by atoms with E-state index in [4.69, 9.17) is 5.11 Å². The lowest BCUT2D eigenvalue weighted by molar-refractivity contribution is 0.0687. The molecule has 5 nitrogen and oxygen atoms in total. The van der Waals surface area contributed by atoms with Gasteiger partial charge in [0.15, 0.2) is 5.75 Å². The summed E-state index contributed by atoms with van der Waals surface area (Å²) in [5, 5.41) is 21.8. The first kappa shape index (κ1) is 11.1. The molecule has 0 fully saturated rings. The third kappa shape index (κ3) is 1.84. The van der Waals surface area contributed by atoms with E-state index in [0.29, 0.717) is 11.3 Å². The molecule has 88 valence electrons. The van der Waals surface area contributed by atoms with E-state index in [0.717, 1.165) is 10.9 Å². The van der Waals surface area contributed by atoms with Crippen LogP contribution in [0.5, 0.6) is 5.75 Å². The van der Waals surface area contributed by atoms with Crippen LogP contribution in [0.4, 0.5) is 4.39 Å². The van der Waals surface area contributed by atoms with Gasteiger partial charge in [-0.2, -0.15) is 5.10 Å². The summed E-state index contributed by atoms with van der Waals surface area (Å²) in [6, 6.07) is 4.35. The number of hydrogen-bond donors (Lipinski definition) is 2. The molecule has 6 heteroatoms. The maximum absolute atomic E-state index is 13.3. The van der Waals surface area contributed by atoms with Crippen molar-refractivity contribution in [2.75, 3.05) is 0 Å². The Kier molecular flexibility index (Phi) is 2.55. The highest BCUT2D eigenvalue weighted by Crippen LogP contribution is 2.21. The minimum Gasteiger partial charge on any atom is -0.504 e. The number of aromatic nitrogens is 2. The van der Waals surface area contributed by atoms with Gasteiger partial charge in [-0.3, -0.25) is 0 Å². The summed E-state index contributed by atoms with van der Waals surface area (Å²) in [5.41, 5.74) is 0.244. The van der Waals surface area contributed by atoms with Gasteiger partial charge in [0.25, 0.3) is 0 Å². The van der Waals surface area contributed by atoms with Crippen molar-refractivity contribution in [3.63, 3.8) is 0 Å². The number of hydrogen-bond acceptors (Lipinski definition) is 3. The first-order valence-electron chi connectivity index (χ1n) is 4.78. The molecule has 1 aromatic heterocycles. The van der Waals surface area contributed by atoms with Crippen LogP contribution in [-0.4, -0.2) is 26.0 Å². The minimum absolute atomic E-state index is 0.326. The lowest BCUT2D eigenvalue weighted by Crippen LogP contribution is -2.03. The lowest BCUT2D eigenvalue weighted by atomic mass is 10.2. The summed E-state index contributed by atoms with van der Waals surface area (Å²) in [6.45, 7) is 1.55. The summed E-state index contributed by atoms with van der Waals surface area (Å²) < 4.78 is 14.4. The van der Waals surface area contributed by atoms with E-state index in [-0.39, 0.29) is 0 Å². The molecule has 0 aliphatic carbocycles. The van der Waals surface area contributed by atoms with Crippen LogP contribution in [0.2, 0.25) is 0 Å². The van der Waals surface area contributed by atoms with Gasteiger partial charge in [-0.05, 0) is 19.1 Å². The van der Waals surface area contributed by atoms with Gasteiger partial charge in [-0.1, -0.05) is 6.07 Å². The predicted octanol–water partition coefficient (Wildman–Crippen LogP) is 1.72. The monoisotopic (exact) mass is 236 g/mol. The number of carboxylic acids is 1. The Balaban J connectivity index is 2.58. The third-order valence-electron chi connectivity index (χ3n) is 2.38. The fourth-order valence-electron chi connectivity index (χ4n) is 1.48. The predicted molar refractivity (Wildman–Crippen MR) is 56.9 cm³/mol. The van der Waals surface area contributed by atoms with Gasteiger partial charge in [0.2, 0.25) is 5.69 Å². The molecule has 0 unspecified atom stereocenters. The van der Waals surface area contributed by atoms with Gasteiger partial charge in [0.1, 0.15) is 5.82 Å². The molecule has 0 amide bonds. The summed E-state index contributed by atoms with van der Waals surface area (Å²) in [6.07, 6.45) is 1.13. The van der Waals surface area contributed by atoms with Crippen LogP contribution in [0.1, 0.15) is 16.1 Å². The Morgan fingerprint density at radius 1 is 1.47 bits per heavy atom. The number of aromatic hydroxyl groups is 1. The number of nitrogens with zero attached hydrogens (tertiary/aromatic N) is 2. The van der Waals surface area contributed by atoms with Crippen molar-refractivity contribution >= 4 is 5.97 Å². The molecule has 0 spiro atoms. The normalized spacial score (nSPS) is 10.5. The van der Waals surface area contributed by atoms with Crippen molar-refractivity contribution in [1.29, 1.82) is 0 Å². The van der Waals surface area contributed by atoms with Crippen molar-refractivity contribution in [3.05, 3.63) is 41.5 Å². The zero-order chi connectivity index (χ0) is 12.6. The molecule has 1 aromatic carbocycles. The molecular weight excluding hydrogens is 227 g/mol. The SMILES string of the molecule is Cc1c(F)cccc1-n1cc(O)c(C(=O)O)n1. The second-order valence-corrected chi connectivity index (χ2v) is 3.50. The number of benzene rings is 1. The van der Waals surface area contributed by atoms with Crippen molar-refractivity contribution in [2.45, 2.75) is 6.92 Å². The van der Waals surface area contributed by atoms with Crippen LogP contribution in [0.25, 0.3) is 5.69 Å². The zero-order valence-corrected chi connectivity index (χ0v) is 8.88. The van der Waals surface area contributed by atoms with E-state index in [2.05, 4.69) is 5.10 Å². The highest BCUT2D eigenvalue weighted by atomic mass is 19.1. The molecule has 0 saturated heterocycles. The van der Waals surface area contributed by atoms with E-state index in [1.54, 1.807) is 13.0 Å². The van der Waals surface area contributed by atoms with Gasteiger partial charge < -0.3 is 10.2 Å². The van der Waals surface area contributed by atoms with E-state index in [1.807, 2.05) is 0 Å². The van der Waals surface area contributed by atoms with Gasteiger partial charge in [0, 0.05) is 5.56 Å². The van der Waals surface area contributed by atoms with Crippen LogP contribution >= 0.6 is 0 Å². The van der Waals surface area contributed by atoms with Crippen LogP contribution in [0.3, 0.4) is 0 Å². The average molecular weight is 236 g/mol. The Bertz CT molecular complexity index is 592. The molecule has 17 heavy (non-hydrogen) atoms. The first-order valence-corrected chi connectivity index (χ1v) is 4.78. The first-order chi connectivity index (χ1) is 8.00. The standard InChI is InChI=1S/C11H9FN2O3/c1-6-7(12)3-2-4-8(6)14-5-9(15)10(13-14)11(16)17/h2-5,15H,1H3,(H,16,17). The largest absolute Gasteiger partial charge is 0.504 e. The van der Waals surface area contributed by atoms with Crippen LogP contribution in [0, 0.1) is 12.7 Å². The quantitative estimate of drug-likeness (QED) is 0.832. The van der Waals surface area contributed by atoms with Crippen LogP contribution in [0.15, 0.2) is 24.4 Å². The fourth-order valence-corrected chi connectivity index (χ4v) is 1.48. The number of halogens is 1. The van der Waals surface area contributed by atoms with Crippen molar-refractivity contribution < 1.29 is 19.4 Å². The third-order valence-corrected chi connectivity index (χ3v) is 2.38. The minimum atomic E-state index is -1.34. The van der Waals surface area contributed by atoms with Gasteiger partial charge >= 0.3 is 5.97 Å². The molecule has 0 bridgehead atoms. The fraction of sp³-hybridized carbons (Fsp3) is 0.0909. The van der Waals surface area contributed by atoms with Gasteiger partial charge in [0.05, 0.1) is 11.9 Å². The maximum Gasteiger partial charge on any atom is 0.360 e. The van der Waals surface area contributed by atoms with Crippen LogP contribution < -0.4 is 0 Å². The number of aromatic carboxylic acids is 1. The molecule has 2 aromatic rings. The number of carboxylic acid groups (broad SMARTS) is 1. The topological polar surface area (TPSA) is 75.4 Å². The molecule has 0 aliphatic rings. The molecule has 2 rings (SSSR count). The summed E-state index contributed by atoms with van der Waals surface area (Å²) in [5.74, 6) is -2.22. The van der Waals surface area contributed by atoms with E-state index in [9.17, 15) is 14.3 Å². The van der Waals surface area contributed by atoms with E-state index < -0.39 is 23.2 Å². The van der Waals surface area contributed by atoms with Gasteiger partial charge in [-0.15, -0.1) is 0 Å². The molecular formula is C11H9FN2O3. The van der Waals surface area contributed by atoms with Crippen molar-refractivity contribution in [3.8, 4) is 11.4 Å². The second kappa shape index (κ2) is 3.89. The highest BCUT2D eigenvalue weighted by molar-refractivity contribution is 5.88. The number of carbonyl (C=O) groups is 1. The Hall–Kier alpha value is -2.37. The Morgan fingerprint density at radius 2 is 2.18 bits per heavy atom. The molecule has 1 heterocycles. The zero-order valence-electron chi connectivity index (χ0n) is 8.88. The lowest BCUT2D eigenvalue weighted by Gasteiger charge is -2.05. The van der Waals surface area contributed by atoms with Crippen LogP contribution in [-0.2, 0) is 0 Å². The number of rotatable bonds is 2. The summed E-state index contributed by atoms with van der Waals surface area (Å²) >= 11 is 0. The summed E-state index contributed by atoms with van der Waals surface area (Å²) in [4.78, 5) is 10.7.